The van der Waals surface area contributed by atoms with E-state index in [1.54, 1.807) is 0 Å². The smallest absolute Gasteiger partial charge is 0.0639 e. The Balaban J connectivity index is 2.35. The van der Waals surface area contributed by atoms with Crippen LogP contribution in [0.4, 0.5) is 5.69 Å². The molecular weight excluding hydrogens is 232 g/mol. The number of rotatable bonds is 2. The van der Waals surface area contributed by atoms with Crippen molar-refractivity contribution in [2.45, 2.75) is 37.6 Å². The highest BCUT2D eigenvalue weighted by atomic mass is 35.5. The molecule has 2 nitrogen and oxygen atoms in total. The van der Waals surface area contributed by atoms with Crippen LogP contribution in [0.5, 0.6) is 0 Å². The lowest BCUT2D eigenvalue weighted by Gasteiger charge is -2.34. The van der Waals surface area contributed by atoms with Crippen molar-refractivity contribution in [3.05, 3.63) is 28.8 Å². The molecule has 0 unspecified atom stereocenters. The van der Waals surface area contributed by atoms with E-state index in [4.69, 9.17) is 17.3 Å². The maximum absolute atomic E-state index is 6.54. The van der Waals surface area contributed by atoms with Gasteiger partial charge in [-0.05, 0) is 30.5 Å². The molecule has 2 N–H and O–H groups in total. The van der Waals surface area contributed by atoms with Gasteiger partial charge in [0.1, 0.15) is 0 Å². The van der Waals surface area contributed by atoms with Gasteiger partial charge in [0.2, 0.25) is 0 Å². The molecule has 1 aromatic rings. The van der Waals surface area contributed by atoms with E-state index in [0.29, 0.717) is 0 Å². The number of nitrogens with zero attached hydrogens (tertiary/aromatic N) is 1. The summed E-state index contributed by atoms with van der Waals surface area (Å²) in [6.07, 6.45) is 5.95. The predicted molar refractivity (Wildman–Crippen MR) is 74.7 cm³/mol. The first-order valence-electron chi connectivity index (χ1n) is 6.29. The van der Waals surface area contributed by atoms with Gasteiger partial charge < -0.3 is 10.6 Å². The molecule has 0 atom stereocenters. The third-order valence-corrected chi connectivity index (χ3v) is 4.07. The summed E-state index contributed by atoms with van der Waals surface area (Å²) in [5.41, 5.74) is 8.67. The van der Waals surface area contributed by atoms with Crippen molar-refractivity contribution >= 4 is 17.3 Å². The highest BCUT2D eigenvalue weighted by Gasteiger charge is 2.29. The van der Waals surface area contributed by atoms with Crippen LogP contribution in [0.15, 0.2) is 18.2 Å². The molecule has 1 aliphatic carbocycles. The lowest BCUT2D eigenvalue weighted by atomic mass is 9.77. The Morgan fingerprint density at radius 2 is 1.82 bits per heavy atom. The summed E-state index contributed by atoms with van der Waals surface area (Å²) >= 11 is 6.19. The van der Waals surface area contributed by atoms with E-state index in [0.717, 1.165) is 23.6 Å². The van der Waals surface area contributed by atoms with Gasteiger partial charge in [-0.3, -0.25) is 0 Å². The molecular formula is C14H21ClN2. The molecule has 1 aromatic carbocycles. The molecule has 1 aliphatic rings. The Kier molecular flexibility index (Phi) is 3.64. The van der Waals surface area contributed by atoms with Crippen LogP contribution in [-0.2, 0) is 5.54 Å². The Hall–Kier alpha value is -0.730. The van der Waals surface area contributed by atoms with Gasteiger partial charge >= 0.3 is 0 Å². The second kappa shape index (κ2) is 4.87. The highest BCUT2D eigenvalue weighted by molar-refractivity contribution is 6.33. The van der Waals surface area contributed by atoms with Crippen molar-refractivity contribution in [3.63, 3.8) is 0 Å². The topological polar surface area (TPSA) is 29.3 Å². The maximum atomic E-state index is 6.54. The number of hydrogen-bond donors (Lipinski definition) is 1. The fourth-order valence-corrected chi connectivity index (χ4v) is 2.92. The van der Waals surface area contributed by atoms with Crippen LogP contribution in [0.3, 0.4) is 0 Å². The zero-order chi connectivity index (χ0) is 12.5. The lowest BCUT2D eigenvalue weighted by molar-refractivity contribution is 0.302. The number of nitrogens with two attached hydrogens (primary N) is 1. The quantitative estimate of drug-likeness (QED) is 0.873. The van der Waals surface area contributed by atoms with Crippen LogP contribution in [0.1, 0.15) is 37.7 Å². The van der Waals surface area contributed by atoms with Crippen molar-refractivity contribution < 1.29 is 0 Å². The highest BCUT2D eigenvalue weighted by Crippen LogP contribution is 2.37. The van der Waals surface area contributed by atoms with Gasteiger partial charge in [-0.15, -0.1) is 0 Å². The summed E-state index contributed by atoms with van der Waals surface area (Å²) in [4.78, 5) is 2.04. The van der Waals surface area contributed by atoms with Gasteiger partial charge in [-0.25, -0.2) is 0 Å². The average Bonchev–Trinajstić information content (AvgIpc) is 2.30. The Bertz CT molecular complexity index is 395. The molecule has 17 heavy (non-hydrogen) atoms. The lowest BCUT2D eigenvalue weighted by Crippen LogP contribution is -2.38. The fraction of sp³-hybridized carbons (Fsp3) is 0.571. The van der Waals surface area contributed by atoms with E-state index in [1.165, 1.54) is 24.8 Å². The van der Waals surface area contributed by atoms with Crippen LogP contribution in [0.2, 0.25) is 5.02 Å². The molecule has 0 radical (unpaired) electrons. The van der Waals surface area contributed by atoms with Crippen LogP contribution in [-0.4, -0.2) is 14.1 Å². The Labute approximate surface area is 109 Å². The summed E-state index contributed by atoms with van der Waals surface area (Å²) in [7, 11) is 4.02. The second-order valence-corrected chi connectivity index (χ2v) is 5.68. The molecule has 0 heterocycles. The minimum Gasteiger partial charge on any atom is -0.376 e. The normalized spacial score (nSPS) is 19.1. The van der Waals surface area contributed by atoms with E-state index in [2.05, 4.69) is 12.1 Å². The van der Waals surface area contributed by atoms with Gasteiger partial charge in [-0.2, -0.15) is 0 Å². The maximum Gasteiger partial charge on any atom is 0.0639 e. The minimum atomic E-state index is -0.145. The molecule has 0 amide bonds. The number of halogens is 1. The van der Waals surface area contributed by atoms with E-state index in [1.807, 2.05) is 25.1 Å². The fourth-order valence-electron chi connectivity index (χ4n) is 2.64. The van der Waals surface area contributed by atoms with Gasteiger partial charge in [0.15, 0.2) is 0 Å². The van der Waals surface area contributed by atoms with Crippen molar-refractivity contribution in [1.82, 2.24) is 0 Å². The third kappa shape index (κ3) is 2.58. The first-order chi connectivity index (χ1) is 8.03. The van der Waals surface area contributed by atoms with Crippen LogP contribution >= 0.6 is 11.6 Å². The van der Waals surface area contributed by atoms with E-state index in [9.17, 15) is 0 Å². The largest absolute Gasteiger partial charge is 0.376 e. The van der Waals surface area contributed by atoms with Crippen molar-refractivity contribution in [2.75, 3.05) is 19.0 Å². The first kappa shape index (κ1) is 12.7. The number of benzene rings is 1. The average molecular weight is 253 g/mol. The summed E-state index contributed by atoms with van der Waals surface area (Å²) in [6, 6.07) is 6.20. The van der Waals surface area contributed by atoms with Crippen molar-refractivity contribution in [3.8, 4) is 0 Å². The van der Waals surface area contributed by atoms with Crippen LogP contribution in [0.25, 0.3) is 0 Å². The standard InChI is InChI=1S/C14H21ClN2/c1-17(2)13-10-11(6-7-12(13)15)14(16)8-4-3-5-9-14/h6-7,10H,3-5,8-9,16H2,1-2H3. The molecule has 0 spiro atoms. The zero-order valence-corrected chi connectivity index (χ0v) is 11.4. The third-order valence-electron chi connectivity index (χ3n) is 3.75. The minimum absolute atomic E-state index is 0.145. The number of anilines is 1. The number of hydrogen-bond acceptors (Lipinski definition) is 2. The summed E-state index contributed by atoms with van der Waals surface area (Å²) in [5, 5.41) is 0.790. The first-order valence-corrected chi connectivity index (χ1v) is 6.67. The molecule has 94 valence electrons. The Morgan fingerprint density at radius 1 is 1.18 bits per heavy atom. The van der Waals surface area contributed by atoms with Gasteiger partial charge in [-0.1, -0.05) is 36.9 Å². The summed E-state index contributed by atoms with van der Waals surface area (Å²) in [6.45, 7) is 0. The molecule has 0 aliphatic heterocycles. The molecule has 1 fully saturated rings. The van der Waals surface area contributed by atoms with Gasteiger partial charge in [0.25, 0.3) is 0 Å². The van der Waals surface area contributed by atoms with Gasteiger partial charge in [0, 0.05) is 19.6 Å². The summed E-state index contributed by atoms with van der Waals surface area (Å²) in [5.74, 6) is 0. The monoisotopic (exact) mass is 252 g/mol. The molecule has 0 aromatic heterocycles. The molecule has 2 rings (SSSR count). The van der Waals surface area contributed by atoms with Crippen LogP contribution in [0, 0.1) is 0 Å². The Morgan fingerprint density at radius 3 is 2.41 bits per heavy atom. The van der Waals surface area contributed by atoms with E-state index in [-0.39, 0.29) is 5.54 Å². The van der Waals surface area contributed by atoms with Crippen molar-refractivity contribution in [2.24, 2.45) is 5.73 Å². The van der Waals surface area contributed by atoms with E-state index >= 15 is 0 Å². The second-order valence-electron chi connectivity index (χ2n) is 5.28. The zero-order valence-electron chi connectivity index (χ0n) is 10.7. The predicted octanol–water partition coefficient (Wildman–Crippen LogP) is 3.52. The van der Waals surface area contributed by atoms with E-state index < -0.39 is 0 Å². The summed E-state index contributed by atoms with van der Waals surface area (Å²) < 4.78 is 0. The van der Waals surface area contributed by atoms with Crippen molar-refractivity contribution in [1.29, 1.82) is 0 Å². The molecule has 0 saturated heterocycles. The molecule has 3 heteroatoms. The van der Waals surface area contributed by atoms with Gasteiger partial charge in [0.05, 0.1) is 10.7 Å². The molecule has 0 bridgehead atoms. The molecule has 1 saturated carbocycles. The SMILES string of the molecule is CN(C)c1cc(C2(N)CCCCC2)ccc1Cl. The van der Waals surface area contributed by atoms with Crippen LogP contribution < -0.4 is 10.6 Å².